The zero-order valence-electron chi connectivity index (χ0n) is 18.9. The topological polar surface area (TPSA) is 78.0 Å². The van der Waals surface area contributed by atoms with Gasteiger partial charge in [-0.25, -0.2) is 4.39 Å². The second kappa shape index (κ2) is 14.8. The number of nitrogens with zero attached hydrogens (tertiary/aromatic N) is 2. The zero-order valence-corrected chi connectivity index (χ0v) is 21.3. The maximum Gasteiger partial charge on any atom is 0.251 e. The molecule has 0 saturated carbocycles. The lowest BCUT2D eigenvalue weighted by Gasteiger charge is -2.34. The Hall–Kier alpha value is -2.24. The van der Waals surface area contributed by atoms with Crippen LogP contribution in [0.3, 0.4) is 0 Å². The fraction of sp³-hybridized carbons (Fsp3) is 0.417. The van der Waals surface area contributed by atoms with Crippen molar-refractivity contribution in [1.82, 2.24) is 20.9 Å². The highest BCUT2D eigenvalue weighted by Crippen LogP contribution is 2.22. The smallest absolute Gasteiger partial charge is 0.251 e. The van der Waals surface area contributed by atoms with Gasteiger partial charge in [-0.1, -0.05) is 30.3 Å². The van der Waals surface area contributed by atoms with Crippen molar-refractivity contribution in [2.24, 2.45) is 4.99 Å². The van der Waals surface area contributed by atoms with Crippen LogP contribution in [0.15, 0.2) is 59.6 Å². The third-order valence-electron chi connectivity index (χ3n) is 5.25. The summed E-state index contributed by atoms with van der Waals surface area (Å²) in [6, 6.07) is 15.8. The molecule has 3 N–H and O–H groups in total. The molecule has 0 bridgehead atoms. The van der Waals surface area contributed by atoms with Gasteiger partial charge in [-0.15, -0.1) is 24.0 Å². The molecule has 9 heteroatoms. The highest BCUT2D eigenvalue weighted by atomic mass is 127. The maximum atomic E-state index is 13.4. The minimum absolute atomic E-state index is 0. The first-order chi connectivity index (χ1) is 15.7. The fourth-order valence-electron chi connectivity index (χ4n) is 3.57. The van der Waals surface area contributed by atoms with Gasteiger partial charge in [0, 0.05) is 38.3 Å². The predicted molar refractivity (Wildman–Crippen MR) is 140 cm³/mol. The number of amides is 1. The van der Waals surface area contributed by atoms with E-state index in [9.17, 15) is 9.18 Å². The molecule has 1 aliphatic heterocycles. The summed E-state index contributed by atoms with van der Waals surface area (Å²) in [6.45, 7) is 7.26. The van der Waals surface area contributed by atoms with Gasteiger partial charge in [-0.05, 0) is 36.8 Å². The summed E-state index contributed by atoms with van der Waals surface area (Å²) in [5.41, 5.74) is 1.67. The summed E-state index contributed by atoms with van der Waals surface area (Å²) < 4.78 is 18.9. The number of morpholine rings is 1. The molecule has 1 aliphatic rings. The summed E-state index contributed by atoms with van der Waals surface area (Å²) in [5.74, 6) is 0.338. The lowest BCUT2D eigenvalue weighted by Crippen LogP contribution is -2.43. The Labute approximate surface area is 212 Å². The van der Waals surface area contributed by atoms with Crippen molar-refractivity contribution in [3.8, 4) is 0 Å². The number of halogens is 2. The molecule has 1 unspecified atom stereocenters. The number of hydrogen-bond donors (Lipinski definition) is 3. The van der Waals surface area contributed by atoms with Gasteiger partial charge in [-0.2, -0.15) is 0 Å². The third kappa shape index (κ3) is 8.90. The highest BCUT2D eigenvalue weighted by molar-refractivity contribution is 14.0. The van der Waals surface area contributed by atoms with Crippen LogP contribution in [-0.2, 0) is 4.74 Å². The Morgan fingerprint density at radius 3 is 2.36 bits per heavy atom. The van der Waals surface area contributed by atoms with Crippen LogP contribution in [0, 0.1) is 5.82 Å². The van der Waals surface area contributed by atoms with Crippen LogP contribution in [0.2, 0.25) is 0 Å². The lowest BCUT2D eigenvalue weighted by atomic mass is 10.0. The molecule has 7 nitrogen and oxygen atoms in total. The Morgan fingerprint density at radius 2 is 1.70 bits per heavy atom. The molecule has 1 atom stereocenters. The highest BCUT2D eigenvalue weighted by Gasteiger charge is 2.22. The quantitative estimate of drug-likeness (QED) is 0.188. The van der Waals surface area contributed by atoms with E-state index in [1.54, 1.807) is 12.1 Å². The SMILES string of the molecule is CCNC(=NCC(c1ccc(F)cc1)N1CCOCC1)NCCNC(=O)c1ccccc1.I. The number of benzene rings is 2. The number of guanidine groups is 1. The minimum Gasteiger partial charge on any atom is -0.379 e. The Bertz CT molecular complexity index is 861. The molecule has 1 heterocycles. The first-order valence-electron chi connectivity index (χ1n) is 11.1. The molecule has 1 fully saturated rings. The molecule has 33 heavy (non-hydrogen) atoms. The van der Waals surface area contributed by atoms with Crippen LogP contribution in [-0.4, -0.2) is 69.2 Å². The van der Waals surface area contributed by atoms with E-state index < -0.39 is 0 Å². The second-order valence-electron chi connectivity index (χ2n) is 7.48. The maximum absolute atomic E-state index is 13.4. The molecule has 0 spiro atoms. The van der Waals surface area contributed by atoms with Gasteiger partial charge in [-0.3, -0.25) is 14.7 Å². The first-order valence-corrected chi connectivity index (χ1v) is 11.1. The van der Waals surface area contributed by atoms with E-state index in [4.69, 9.17) is 9.73 Å². The standard InChI is InChI=1S/C24H32FN5O2.HI/c1-2-26-24(28-13-12-27-23(31)20-6-4-3-5-7-20)29-18-22(30-14-16-32-17-15-30)19-8-10-21(25)11-9-19;/h3-11,22H,2,12-18H2,1H3,(H,27,31)(H2,26,28,29);1H. The van der Waals surface area contributed by atoms with Gasteiger partial charge >= 0.3 is 0 Å². The average Bonchev–Trinajstić information content (AvgIpc) is 2.84. The van der Waals surface area contributed by atoms with E-state index in [2.05, 4.69) is 20.9 Å². The van der Waals surface area contributed by atoms with Crippen molar-refractivity contribution < 1.29 is 13.9 Å². The molecule has 1 saturated heterocycles. The van der Waals surface area contributed by atoms with Gasteiger partial charge in [0.1, 0.15) is 5.82 Å². The van der Waals surface area contributed by atoms with Gasteiger partial charge in [0.25, 0.3) is 5.91 Å². The molecule has 2 aromatic rings. The number of nitrogens with one attached hydrogen (secondary N) is 3. The Balaban J connectivity index is 0.00000385. The van der Waals surface area contributed by atoms with Gasteiger partial charge in [0.05, 0.1) is 25.8 Å². The summed E-state index contributed by atoms with van der Waals surface area (Å²) in [5, 5.41) is 9.41. The van der Waals surface area contributed by atoms with Crippen LogP contribution in [0.25, 0.3) is 0 Å². The summed E-state index contributed by atoms with van der Waals surface area (Å²) in [4.78, 5) is 19.3. The first kappa shape index (κ1) is 27.0. The number of rotatable bonds is 9. The average molecular weight is 569 g/mol. The summed E-state index contributed by atoms with van der Waals surface area (Å²) in [6.07, 6.45) is 0. The fourth-order valence-corrected chi connectivity index (χ4v) is 3.57. The molecular weight excluding hydrogens is 536 g/mol. The number of aliphatic imine (C=N–C) groups is 1. The van der Waals surface area contributed by atoms with E-state index in [-0.39, 0.29) is 41.7 Å². The van der Waals surface area contributed by atoms with Crippen molar-refractivity contribution in [2.75, 3.05) is 52.5 Å². The molecule has 2 aromatic carbocycles. The third-order valence-corrected chi connectivity index (χ3v) is 5.25. The minimum atomic E-state index is -0.245. The monoisotopic (exact) mass is 569 g/mol. The number of carbonyl (C=O) groups is 1. The second-order valence-corrected chi connectivity index (χ2v) is 7.48. The molecule has 180 valence electrons. The van der Waals surface area contributed by atoms with E-state index in [0.29, 0.717) is 44.4 Å². The van der Waals surface area contributed by atoms with Crippen molar-refractivity contribution >= 4 is 35.8 Å². The van der Waals surface area contributed by atoms with E-state index in [1.165, 1.54) is 12.1 Å². The van der Waals surface area contributed by atoms with Crippen LogP contribution in [0.4, 0.5) is 4.39 Å². The van der Waals surface area contributed by atoms with E-state index in [1.807, 2.05) is 37.3 Å². The molecule has 0 aliphatic carbocycles. The van der Waals surface area contributed by atoms with Crippen molar-refractivity contribution in [3.05, 3.63) is 71.5 Å². The normalized spacial score (nSPS) is 15.3. The summed E-state index contributed by atoms with van der Waals surface area (Å²) in [7, 11) is 0. The van der Waals surface area contributed by atoms with Crippen LogP contribution in [0.1, 0.15) is 28.9 Å². The molecule has 0 aromatic heterocycles. The van der Waals surface area contributed by atoms with E-state index in [0.717, 1.165) is 25.2 Å². The van der Waals surface area contributed by atoms with Crippen LogP contribution in [0.5, 0.6) is 0 Å². The molecule has 1 amide bonds. The Morgan fingerprint density at radius 1 is 1.03 bits per heavy atom. The van der Waals surface area contributed by atoms with Crippen molar-refractivity contribution in [1.29, 1.82) is 0 Å². The Kier molecular flexibility index (Phi) is 12.1. The number of ether oxygens (including phenoxy) is 1. The molecule has 0 radical (unpaired) electrons. The molecule has 3 rings (SSSR count). The largest absolute Gasteiger partial charge is 0.379 e. The lowest BCUT2D eigenvalue weighted by molar-refractivity contribution is 0.0179. The van der Waals surface area contributed by atoms with Gasteiger partial charge < -0.3 is 20.7 Å². The van der Waals surface area contributed by atoms with Crippen LogP contribution < -0.4 is 16.0 Å². The van der Waals surface area contributed by atoms with Crippen LogP contribution >= 0.6 is 24.0 Å². The van der Waals surface area contributed by atoms with E-state index >= 15 is 0 Å². The van der Waals surface area contributed by atoms with Crippen molar-refractivity contribution in [3.63, 3.8) is 0 Å². The molecular formula is C24H33FIN5O2. The summed E-state index contributed by atoms with van der Waals surface area (Å²) >= 11 is 0. The number of carbonyl (C=O) groups excluding carboxylic acids is 1. The van der Waals surface area contributed by atoms with Gasteiger partial charge in [0.2, 0.25) is 0 Å². The predicted octanol–water partition coefficient (Wildman–Crippen LogP) is 2.80. The number of hydrogen-bond acceptors (Lipinski definition) is 4. The van der Waals surface area contributed by atoms with Gasteiger partial charge in [0.15, 0.2) is 5.96 Å². The van der Waals surface area contributed by atoms with Crippen molar-refractivity contribution in [2.45, 2.75) is 13.0 Å². The zero-order chi connectivity index (χ0) is 22.6.